The maximum Gasteiger partial charge on any atom is 0.0809 e. The van der Waals surface area contributed by atoms with E-state index in [9.17, 15) is 0 Å². The molecule has 4 heteroatoms. The van der Waals surface area contributed by atoms with Crippen molar-refractivity contribution in [1.29, 1.82) is 0 Å². The number of nitrogens with two attached hydrogens (primary N) is 1. The Morgan fingerprint density at radius 3 is 3.06 bits per heavy atom. The molecule has 0 amide bonds. The average molecular weight is 242 g/mol. The summed E-state index contributed by atoms with van der Waals surface area (Å²) in [6, 6.07) is 5.49. The summed E-state index contributed by atoms with van der Waals surface area (Å²) in [4.78, 5) is 0. The summed E-state index contributed by atoms with van der Waals surface area (Å²) in [5.74, 6) is 0. The summed E-state index contributed by atoms with van der Waals surface area (Å²) in [6.07, 6.45) is 2.45. The van der Waals surface area contributed by atoms with Crippen molar-refractivity contribution in [1.82, 2.24) is 0 Å². The van der Waals surface area contributed by atoms with Crippen molar-refractivity contribution >= 4 is 17.3 Å². The second-order valence-corrected chi connectivity index (χ2v) is 4.36. The van der Waals surface area contributed by atoms with Gasteiger partial charge in [0.15, 0.2) is 0 Å². The van der Waals surface area contributed by atoms with Gasteiger partial charge in [0, 0.05) is 22.9 Å². The minimum Gasteiger partial charge on any atom is -0.398 e. The highest BCUT2D eigenvalue weighted by atomic mass is 35.5. The van der Waals surface area contributed by atoms with Crippen molar-refractivity contribution in [3.8, 4) is 0 Å². The summed E-state index contributed by atoms with van der Waals surface area (Å²) in [5.41, 5.74) is 7.36. The lowest BCUT2D eigenvalue weighted by Crippen LogP contribution is -2.14. The first-order valence-corrected chi connectivity index (χ1v) is 5.87. The van der Waals surface area contributed by atoms with Gasteiger partial charge in [0.2, 0.25) is 0 Å². The first-order chi connectivity index (χ1) is 7.77. The Kier molecular flexibility index (Phi) is 4.04. The summed E-state index contributed by atoms with van der Waals surface area (Å²) in [6.45, 7) is 1.91. The van der Waals surface area contributed by atoms with Crippen LogP contribution in [-0.4, -0.2) is 19.3 Å². The molecule has 1 aromatic carbocycles. The number of benzene rings is 1. The molecule has 3 nitrogen and oxygen atoms in total. The molecule has 16 heavy (non-hydrogen) atoms. The first-order valence-electron chi connectivity index (χ1n) is 5.49. The first kappa shape index (κ1) is 11.7. The molecule has 0 spiro atoms. The molecule has 1 heterocycles. The third-order valence-corrected chi connectivity index (χ3v) is 3.08. The number of rotatable bonds is 4. The quantitative estimate of drug-likeness (QED) is 0.825. The SMILES string of the molecule is Nc1cccc(Cl)c1COCC1CCCO1. The highest BCUT2D eigenvalue weighted by molar-refractivity contribution is 6.31. The fraction of sp³-hybridized carbons (Fsp3) is 0.500. The van der Waals surface area contributed by atoms with E-state index < -0.39 is 0 Å². The van der Waals surface area contributed by atoms with Crippen molar-refractivity contribution in [2.45, 2.75) is 25.6 Å². The number of halogens is 1. The van der Waals surface area contributed by atoms with Gasteiger partial charge < -0.3 is 15.2 Å². The zero-order valence-corrected chi connectivity index (χ0v) is 9.87. The van der Waals surface area contributed by atoms with Gasteiger partial charge in [-0.05, 0) is 25.0 Å². The fourth-order valence-electron chi connectivity index (χ4n) is 1.80. The molecule has 1 aliphatic rings. The Bertz CT molecular complexity index is 331. The summed E-state index contributed by atoms with van der Waals surface area (Å²) < 4.78 is 11.0. The van der Waals surface area contributed by atoms with Crippen LogP contribution in [0.4, 0.5) is 5.69 Å². The van der Waals surface area contributed by atoms with E-state index in [-0.39, 0.29) is 6.10 Å². The van der Waals surface area contributed by atoms with Crippen molar-refractivity contribution < 1.29 is 9.47 Å². The number of ether oxygens (including phenoxy) is 2. The van der Waals surface area contributed by atoms with Crippen LogP contribution in [0, 0.1) is 0 Å². The zero-order chi connectivity index (χ0) is 11.4. The molecule has 88 valence electrons. The second kappa shape index (κ2) is 5.53. The van der Waals surface area contributed by atoms with Gasteiger partial charge >= 0.3 is 0 Å². The van der Waals surface area contributed by atoms with Crippen LogP contribution in [0.5, 0.6) is 0 Å². The molecule has 2 rings (SSSR count). The zero-order valence-electron chi connectivity index (χ0n) is 9.12. The van der Waals surface area contributed by atoms with E-state index in [0.717, 1.165) is 25.0 Å². The van der Waals surface area contributed by atoms with Gasteiger partial charge in [0.25, 0.3) is 0 Å². The Morgan fingerprint density at radius 1 is 1.50 bits per heavy atom. The third kappa shape index (κ3) is 2.88. The Balaban J connectivity index is 1.84. The molecule has 1 atom stereocenters. The molecule has 1 fully saturated rings. The van der Waals surface area contributed by atoms with Crippen molar-refractivity contribution in [2.24, 2.45) is 0 Å². The maximum atomic E-state index is 6.03. The normalized spacial score (nSPS) is 20.2. The smallest absolute Gasteiger partial charge is 0.0809 e. The topological polar surface area (TPSA) is 44.5 Å². The number of hydrogen-bond donors (Lipinski definition) is 1. The lowest BCUT2D eigenvalue weighted by atomic mass is 10.2. The van der Waals surface area contributed by atoms with Crippen LogP contribution in [0.25, 0.3) is 0 Å². The second-order valence-electron chi connectivity index (χ2n) is 3.96. The van der Waals surface area contributed by atoms with Crippen LogP contribution in [-0.2, 0) is 16.1 Å². The Hall–Kier alpha value is -0.770. The molecule has 0 saturated carbocycles. The van der Waals surface area contributed by atoms with Gasteiger partial charge in [0.1, 0.15) is 0 Å². The van der Waals surface area contributed by atoms with Crippen LogP contribution >= 0.6 is 11.6 Å². The molecule has 0 aromatic heterocycles. The van der Waals surface area contributed by atoms with Crippen molar-refractivity contribution in [3.05, 3.63) is 28.8 Å². The van der Waals surface area contributed by atoms with Crippen LogP contribution in [0.2, 0.25) is 5.02 Å². The van der Waals surface area contributed by atoms with Crippen LogP contribution < -0.4 is 5.73 Å². The van der Waals surface area contributed by atoms with E-state index in [2.05, 4.69) is 0 Å². The van der Waals surface area contributed by atoms with Crippen LogP contribution in [0.3, 0.4) is 0 Å². The fourth-order valence-corrected chi connectivity index (χ4v) is 2.03. The maximum absolute atomic E-state index is 6.03. The highest BCUT2D eigenvalue weighted by Gasteiger charge is 2.15. The van der Waals surface area contributed by atoms with Gasteiger partial charge in [0.05, 0.1) is 19.3 Å². The molecule has 0 aliphatic carbocycles. The van der Waals surface area contributed by atoms with E-state index in [4.69, 9.17) is 26.8 Å². The van der Waals surface area contributed by atoms with Gasteiger partial charge in [-0.2, -0.15) is 0 Å². The largest absolute Gasteiger partial charge is 0.398 e. The van der Waals surface area contributed by atoms with Crippen LogP contribution in [0.15, 0.2) is 18.2 Å². The van der Waals surface area contributed by atoms with E-state index in [1.807, 2.05) is 18.2 Å². The van der Waals surface area contributed by atoms with Crippen molar-refractivity contribution in [3.63, 3.8) is 0 Å². The highest BCUT2D eigenvalue weighted by Crippen LogP contribution is 2.23. The Morgan fingerprint density at radius 2 is 2.38 bits per heavy atom. The van der Waals surface area contributed by atoms with E-state index >= 15 is 0 Å². The summed E-state index contributed by atoms with van der Waals surface area (Å²) >= 11 is 6.03. The van der Waals surface area contributed by atoms with E-state index in [1.165, 1.54) is 0 Å². The van der Waals surface area contributed by atoms with Gasteiger partial charge in [-0.15, -0.1) is 0 Å². The lowest BCUT2D eigenvalue weighted by Gasteiger charge is -2.12. The van der Waals surface area contributed by atoms with E-state index in [0.29, 0.717) is 23.9 Å². The third-order valence-electron chi connectivity index (χ3n) is 2.73. The van der Waals surface area contributed by atoms with E-state index in [1.54, 1.807) is 0 Å². The Labute approximate surface area is 100 Å². The molecule has 1 aromatic rings. The molecule has 1 aliphatic heterocycles. The van der Waals surface area contributed by atoms with Crippen LogP contribution in [0.1, 0.15) is 18.4 Å². The molecule has 1 saturated heterocycles. The molecule has 1 unspecified atom stereocenters. The lowest BCUT2D eigenvalue weighted by molar-refractivity contribution is 0.0108. The predicted octanol–water partition coefficient (Wildman–Crippen LogP) is 2.62. The standard InChI is InChI=1S/C12H16ClNO2/c13-11-4-1-5-12(14)10(11)8-15-7-9-3-2-6-16-9/h1,4-5,9H,2-3,6-8,14H2. The molecular weight excluding hydrogens is 226 g/mol. The molecule has 0 radical (unpaired) electrons. The minimum absolute atomic E-state index is 0.240. The average Bonchev–Trinajstić information content (AvgIpc) is 2.75. The monoisotopic (exact) mass is 241 g/mol. The summed E-state index contributed by atoms with van der Waals surface area (Å²) in [7, 11) is 0. The van der Waals surface area contributed by atoms with Gasteiger partial charge in [-0.25, -0.2) is 0 Å². The molecular formula is C12H16ClNO2. The predicted molar refractivity (Wildman–Crippen MR) is 64.5 cm³/mol. The van der Waals surface area contributed by atoms with Gasteiger partial charge in [-0.3, -0.25) is 0 Å². The number of anilines is 1. The number of nitrogen functional groups attached to an aromatic ring is 1. The summed E-state index contributed by atoms with van der Waals surface area (Å²) in [5, 5.41) is 0.660. The minimum atomic E-state index is 0.240. The van der Waals surface area contributed by atoms with Crippen molar-refractivity contribution in [2.75, 3.05) is 18.9 Å². The number of hydrogen-bond acceptors (Lipinski definition) is 3. The van der Waals surface area contributed by atoms with Gasteiger partial charge in [-0.1, -0.05) is 17.7 Å². The molecule has 0 bridgehead atoms. The molecule has 2 N–H and O–H groups in total.